The fourth-order valence-corrected chi connectivity index (χ4v) is 3.56. The topological polar surface area (TPSA) is 85.1 Å². The third-order valence-corrected chi connectivity index (χ3v) is 4.77. The van der Waals surface area contributed by atoms with Crippen LogP contribution < -0.4 is 5.32 Å². The van der Waals surface area contributed by atoms with Crippen LogP contribution in [0.25, 0.3) is 17.0 Å². The highest BCUT2D eigenvalue weighted by Crippen LogP contribution is 2.30. The molecule has 1 amide bonds. The summed E-state index contributed by atoms with van der Waals surface area (Å²) in [5, 5.41) is 7.55. The summed E-state index contributed by atoms with van der Waals surface area (Å²) in [5.74, 6) is 0.0779. The van der Waals surface area contributed by atoms with Gasteiger partial charge in [0.2, 0.25) is 5.82 Å². The van der Waals surface area contributed by atoms with Crippen LogP contribution in [0.2, 0.25) is 0 Å². The van der Waals surface area contributed by atoms with Gasteiger partial charge in [0, 0.05) is 21.8 Å². The lowest BCUT2D eigenvalue weighted by Gasteiger charge is -1.98. The van der Waals surface area contributed by atoms with Gasteiger partial charge in [0.15, 0.2) is 5.13 Å². The third kappa shape index (κ3) is 2.95. The maximum absolute atomic E-state index is 12.5. The Hall–Kier alpha value is -3.13. The molecule has 0 fully saturated rings. The average Bonchev–Trinajstić information content (AvgIpc) is 3.19. The van der Waals surface area contributed by atoms with Gasteiger partial charge in [0.1, 0.15) is 0 Å². The van der Waals surface area contributed by atoms with Crippen molar-refractivity contribution in [2.45, 2.75) is 20.8 Å². The van der Waals surface area contributed by atoms with Crippen molar-refractivity contribution in [1.82, 2.24) is 24.6 Å². The molecule has 0 aliphatic rings. The fourth-order valence-electron chi connectivity index (χ4n) is 2.73. The van der Waals surface area contributed by atoms with Crippen LogP contribution in [0.15, 0.2) is 36.4 Å². The Morgan fingerprint density at radius 1 is 1.08 bits per heavy atom. The first-order valence-electron chi connectivity index (χ1n) is 8.06. The van der Waals surface area contributed by atoms with Crippen molar-refractivity contribution in [3.8, 4) is 11.3 Å². The monoisotopic (exact) mass is 364 g/mol. The van der Waals surface area contributed by atoms with Gasteiger partial charge in [0.05, 0.1) is 5.69 Å². The van der Waals surface area contributed by atoms with Crippen molar-refractivity contribution in [2.24, 2.45) is 0 Å². The van der Waals surface area contributed by atoms with E-state index in [9.17, 15) is 4.79 Å². The number of rotatable bonds is 3. The number of amides is 1. The molecule has 0 unspecified atom stereocenters. The Morgan fingerprint density at radius 3 is 2.62 bits per heavy atom. The molecule has 0 saturated heterocycles. The van der Waals surface area contributed by atoms with Crippen molar-refractivity contribution in [1.29, 1.82) is 0 Å². The van der Waals surface area contributed by atoms with Gasteiger partial charge in [-0.05, 0) is 26.8 Å². The SMILES string of the molecule is Cc1cc(C)n2nc(C(=O)Nc3nc(-c4ccccc4)c(C)s3)nc2n1. The number of benzene rings is 1. The summed E-state index contributed by atoms with van der Waals surface area (Å²) < 4.78 is 1.56. The standard InChI is InChI=1S/C18H16N6OS/c1-10-9-11(2)24-17(19-10)21-15(23-24)16(25)22-18-20-14(12(3)26-18)13-7-5-4-6-8-13/h4-9H,1-3H3,(H,20,22,25). The molecule has 0 saturated carbocycles. The number of thiazole rings is 1. The quantitative estimate of drug-likeness (QED) is 0.602. The second-order valence-corrected chi connectivity index (χ2v) is 7.13. The Kier molecular flexibility index (Phi) is 3.96. The van der Waals surface area contributed by atoms with Gasteiger partial charge >= 0.3 is 0 Å². The molecule has 3 heterocycles. The number of anilines is 1. The molecule has 8 heteroatoms. The van der Waals surface area contributed by atoms with Crippen LogP contribution in [-0.2, 0) is 0 Å². The van der Waals surface area contributed by atoms with Crippen molar-refractivity contribution in [3.05, 3.63) is 58.5 Å². The molecule has 1 N–H and O–H groups in total. The Bertz CT molecular complexity index is 1120. The molecule has 4 aromatic rings. The van der Waals surface area contributed by atoms with Crippen LogP contribution in [0.5, 0.6) is 0 Å². The summed E-state index contributed by atoms with van der Waals surface area (Å²) in [7, 11) is 0. The van der Waals surface area contributed by atoms with Crippen molar-refractivity contribution in [2.75, 3.05) is 5.32 Å². The first-order chi connectivity index (χ1) is 12.5. The van der Waals surface area contributed by atoms with E-state index in [1.165, 1.54) is 11.3 Å². The van der Waals surface area contributed by atoms with Gasteiger partial charge in [-0.15, -0.1) is 16.4 Å². The summed E-state index contributed by atoms with van der Waals surface area (Å²) >= 11 is 1.42. The van der Waals surface area contributed by atoms with Gasteiger partial charge < -0.3 is 0 Å². The maximum Gasteiger partial charge on any atom is 0.297 e. The highest BCUT2D eigenvalue weighted by atomic mass is 32.1. The van der Waals surface area contributed by atoms with E-state index in [4.69, 9.17) is 0 Å². The van der Waals surface area contributed by atoms with Gasteiger partial charge in [-0.3, -0.25) is 10.1 Å². The Labute approximate surface area is 153 Å². The van der Waals surface area contributed by atoms with Crippen LogP contribution >= 0.6 is 11.3 Å². The van der Waals surface area contributed by atoms with E-state index in [2.05, 4.69) is 25.4 Å². The van der Waals surface area contributed by atoms with E-state index in [1.54, 1.807) is 4.52 Å². The molecule has 7 nitrogen and oxygen atoms in total. The van der Waals surface area contributed by atoms with Crippen LogP contribution in [0.4, 0.5) is 5.13 Å². The zero-order valence-electron chi connectivity index (χ0n) is 14.5. The van der Waals surface area contributed by atoms with E-state index in [1.807, 2.05) is 57.2 Å². The van der Waals surface area contributed by atoms with E-state index in [0.29, 0.717) is 10.9 Å². The Morgan fingerprint density at radius 2 is 1.85 bits per heavy atom. The summed E-state index contributed by atoms with van der Waals surface area (Å²) in [6, 6.07) is 11.8. The molecule has 0 spiro atoms. The zero-order valence-corrected chi connectivity index (χ0v) is 15.3. The van der Waals surface area contributed by atoms with Crippen LogP contribution in [0.1, 0.15) is 26.9 Å². The lowest BCUT2D eigenvalue weighted by molar-refractivity contribution is 0.101. The fraction of sp³-hybridized carbons (Fsp3) is 0.167. The normalized spacial score (nSPS) is 11.0. The molecule has 0 bridgehead atoms. The highest BCUT2D eigenvalue weighted by Gasteiger charge is 2.18. The van der Waals surface area contributed by atoms with Crippen LogP contribution in [0.3, 0.4) is 0 Å². The van der Waals surface area contributed by atoms with Crippen molar-refractivity contribution in [3.63, 3.8) is 0 Å². The minimum absolute atomic E-state index is 0.0697. The molecule has 3 aromatic heterocycles. The van der Waals surface area contributed by atoms with Crippen molar-refractivity contribution >= 4 is 28.2 Å². The number of nitrogens with zero attached hydrogens (tertiary/aromatic N) is 5. The maximum atomic E-state index is 12.5. The summed E-state index contributed by atoms with van der Waals surface area (Å²) in [6.07, 6.45) is 0. The van der Waals surface area contributed by atoms with E-state index in [-0.39, 0.29) is 5.82 Å². The number of hydrogen-bond acceptors (Lipinski definition) is 6. The van der Waals surface area contributed by atoms with Gasteiger partial charge in [-0.25, -0.2) is 14.5 Å². The number of nitrogens with one attached hydrogen (secondary N) is 1. The second-order valence-electron chi connectivity index (χ2n) is 5.93. The highest BCUT2D eigenvalue weighted by molar-refractivity contribution is 7.16. The van der Waals surface area contributed by atoms with Gasteiger partial charge in [-0.1, -0.05) is 30.3 Å². The number of aromatic nitrogens is 5. The molecular formula is C18H16N6OS. The zero-order chi connectivity index (χ0) is 18.3. The predicted octanol–water partition coefficient (Wildman–Crippen LogP) is 3.43. The van der Waals surface area contributed by atoms with Crippen LogP contribution in [0, 0.1) is 20.8 Å². The van der Waals surface area contributed by atoms with E-state index in [0.717, 1.165) is 27.5 Å². The summed E-state index contributed by atoms with van der Waals surface area (Å²) in [4.78, 5) is 26.6. The summed E-state index contributed by atoms with van der Waals surface area (Å²) in [6.45, 7) is 5.76. The minimum atomic E-state index is -0.402. The number of aryl methyl sites for hydroxylation is 3. The number of carbonyl (C=O) groups excluding carboxylic acids is 1. The largest absolute Gasteiger partial charge is 0.297 e. The molecule has 0 atom stereocenters. The first kappa shape index (κ1) is 16.3. The number of hydrogen-bond donors (Lipinski definition) is 1. The van der Waals surface area contributed by atoms with E-state index < -0.39 is 5.91 Å². The Balaban J connectivity index is 1.62. The molecule has 4 rings (SSSR count). The van der Waals surface area contributed by atoms with Gasteiger partial charge in [-0.2, -0.15) is 4.98 Å². The molecule has 26 heavy (non-hydrogen) atoms. The molecule has 0 radical (unpaired) electrons. The van der Waals surface area contributed by atoms with Crippen molar-refractivity contribution < 1.29 is 4.79 Å². The predicted molar refractivity (Wildman–Crippen MR) is 100 cm³/mol. The number of carbonyl (C=O) groups is 1. The average molecular weight is 364 g/mol. The minimum Gasteiger partial charge on any atom is -0.295 e. The summed E-state index contributed by atoms with van der Waals surface area (Å²) in [5.41, 5.74) is 3.58. The van der Waals surface area contributed by atoms with E-state index >= 15 is 0 Å². The molecule has 1 aromatic carbocycles. The number of fused-ring (bicyclic) bond motifs is 1. The van der Waals surface area contributed by atoms with Gasteiger partial charge in [0.25, 0.3) is 11.7 Å². The third-order valence-electron chi connectivity index (χ3n) is 3.89. The molecule has 0 aliphatic carbocycles. The lowest BCUT2D eigenvalue weighted by atomic mass is 10.1. The molecular weight excluding hydrogens is 348 g/mol. The second kappa shape index (κ2) is 6.30. The molecule has 130 valence electrons. The first-order valence-corrected chi connectivity index (χ1v) is 8.88. The smallest absolute Gasteiger partial charge is 0.295 e. The molecule has 0 aliphatic heterocycles. The lowest BCUT2D eigenvalue weighted by Crippen LogP contribution is -2.13. The van der Waals surface area contributed by atoms with Crippen LogP contribution in [-0.4, -0.2) is 30.5 Å².